The number of benzene rings is 1. The fourth-order valence-electron chi connectivity index (χ4n) is 2.90. The lowest BCUT2D eigenvalue weighted by Crippen LogP contribution is -2.53. The number of morpholine rings is 2. The van der Waals surface area contributed by atoms with Gasteiger partial charge in [-0.25, -0.2) is 4.39 Å². The fourth-order valence-corrected chi connectivity index (χ4v) is 2.90. The quantitative estimate of drug-likeness (QED) is 0.868. The summed E-state index contributed by atoms with van der Waals surface area (Å²) < 4.78 is 24.7. The van der Waals surface area contributed by atoms with E-state index in [2.05, 4.69) is 10.6 Å². The molecule has 2 aliphatic heterocycles. The lowest BCUT2D eigenvalue weighted by Gasteiger charge is -2.30. The van der Waals surface area contributed by atoms with Crippen molar-refractivity contribution in [2.75, 3.05) is 49.7 Å². The second kappa shape index (κ2) is 7.25. The molecule has 1 aromatic rings. The van der Waals surface area contributed by atoms with Crippen molar-refractivity contribution in [1.29, 1.82) is 0 Å². The number of halogens is 1. The molecule has 2 heterocycles. The number of nitrogens with zero attached hydrogens (tertiary/aromatic N) is 1. The first-order valence-corrected chi connectivity index (χ1v) is 7.92. The van der Waals surface area contributed by atoms with Crippen LogP contribution in [0.2, 0.25) is 0 Å². The number of hydrogen-bond acceptors (Lipinski definition) is 5. The molecule has 0 aliphatic carbocycles. The monoisotopic (exact) mass is 323 g/mol. The van der Waals surface area contributed by atoms with Crippen molar-refractivity contribution < 1.29 is 18.7 Å². The Labute approximate surface area is 134 Å². The average Bonchev–Trinajstić information content (AvgIpc) is 2.55. The van der Waals surface area contributed by atoms with Crippen LogP contribution in [0.25, 0.3) is 0 Å². The van der Waals surface area contributed by atoms with Gasteiger partial charge in [-0.05, 0) is 25.1 Å². The van der Waals surface area contributed by atoms with Crippen molar-refractivity contribution in [3.8, 4) is 0 Å². The third-order valence-corrected chi connectivity index (χ3v) is 4.13. The highest BCUT2D eigenvalue weighted by Gasteiger charge is 2.28. The first kappa shape index (κ1) is 16.2. The summed E-state index contributed by atoms with van der Waals surface area (Å²) in [6.07, 6.45) is -0.212. The Morgan fingerprint density at radius 2 is 2.09 bits per heavy atom. The molecule has 2 saturated heterocycles. The largest absolute Gasteiger partial charge is 0.378 e. The SMILES string of the molecule is C[C@H]1OCCN[C@@H]1C(=O)Nc1cc(F)cc(N2CCOCC2)c1. The molecule has 1 amide bonds. The zero-order valence-electron chi connectivity index (χ0n) is 13.2. The van der Waals surface area contributed by atoms with E-state index in [4.69, 9.17) is 9.47 Å². The summed E-state index contributed by atoms with van der Waals surface area (Å²) in [5, 5.41) is 5.91. The third-order valence-electron chi connectivity index (χ3n) is 4.13. The number of rotatable bonds is 3. The van der Waals surface area contributed by atoms with Gasteiger partial charge in [-0.2, -0.15) is 0 Å². The maximum absolute atomic E-state index is 13.9. The summed E-state index contributed by atoms with van der Waals surface area (Å²) in [5.41, 5.74) is 1.21. The van der Waals surface area contributed by atoms with E-state index in [0.717, 1.165) is 5.69 Å². The molecule has 6 nitrogen and oxygen atoms in total. The first-order chi connectivity index (χ1) is 11.1. The molecule has 0 radical (unpaired) electrons. The molecule has 2 aliphatic rings. The number of amides is 1. The Morgan fingerprint density at radius 1 is 1.30 bits per heavy atom. The van der Waals surface area contributed by atoms with Gasteiger partial charge in [0, 0.05) is 31.0 Å². The maximum Gasteiger partial charge on any atom is 0.244 e. The van der Waals surface area contributed by atoms with Crippen LogP contribution in [-0.2, 0) is 14.3 Å². The molecule has 3 rings (SSSR count). The van der Waals surface area contributed by atoms with Gasteiger partial charge in [-0.1, -0.05) is 0 Å². The van der Waals surface area contributed by atoms with Crippen LogP contribution >= 0.6 is 0 Å². The molecule has 0 spiro atoms. The van der Waals surface area contributed by atoms with Crippen molar-refractivity contribution in [2.45, 2.75) is 19.1 Å². The Balaban J connectivity index is 1.71. The summed E-state index contributed by atoms with van der Waals surface area (Å²) in [5.74, 6) is -0.582. The summed E-state index contributed by atoms with van der Waals surface area (Å²) in [7, 11) is 0. The molecule has 0 unspecified atom stereocenters. The highest BCUT2D eigenvalue weighted by molar-refractivity contribution is 5.95. The van der Waals surface area contributed by atoms with Crippen molar-refractivity contribution in [3.05, 3.63) is 24.0 Å². The molecule has 2 N–H and O–H groups in total. The molecule has 2 fully saturated rings. The first-order valence-electron chi connectivity index (χ1n) is 7.92. The van der Waals surface area contributed by atoms with Crippen molar-refractivity contribution in [3.63, 3.8) is 0 Å². The van der Waals surface area contributed by atoms with Crippen LogP contribution in [0.5, 0.6) is 0 Å². The van der Waals surface area contributed by atoms with Gasteiger partial charge < -0.3 is 25.0 Å². The number of ether oxygens (including phenoxy) is 2. The fraction of sp³-hybridized carbons (Fsp3) is 0.562. The van der Waals surface area contributed by atoms with Gasteiger partial charge >= 0.3 is 0 Å². The lowest BCUT2D eigenvalue weighted by atomic mass is 10.1. The zero-order valence-corrected chi connectivity index (χ0v) is 13.2. The van der Waals surface area contributed by atoms with E-state index >= 15 is 0 Å². The van der Waals surface area contributed by atoms with E-state index in [1.54, 1.807) is 6.07 Å². The van der Waals surface area contributed by atoms with Gasteiger partial charge in [-0.15, -0.1) is 0 Å². The smallest absolute Gasteiger partial charge is 0.244 e. The normalized spacial score (nSPS) is 25.2. The van der Waals surface area contributed by atoms with E-state index in [9.17, 15) is 9.18 Å². The Morgan fingerprint density at radius 3 is 2.83 bits per heavy atom. The molecule has 7 heteroatoms. The average molecular weight is 323 g/mol. The molecule has 126 valence electrons. The molecule has 23 heavy (non-hydrogen) atoms. The van der Waals surface area contributed by atoms with Crippen molar-refractivity contribution >= 4 is 17.3 Å². The predicted molar refractivity (Wildman–Crippen MR) is 85.3 cm³/mol. The van der Waals surface area contributed by atoms with Gasteiger partial charge in [0.15, 0.2) is 0 Å². The molecule has 1 aromatic carbocycles. The molecule has 2 atom stereocenters. The lowest BCUT2D eigenvalue weighted by molar-refractivity contribution is -0.123. The molecular weight excluding hydrogens is 301 g/mol. The number of carbonyl (C=O) groups excluding carboxylic acids is 1. The van der Waals surface area contributed by atoms with Crippen LogP contribution in [0.4, 0.5) is 15.8 Å². The minimum absolute atomic E-state index is 0.212. The summed E-state index contributed by atoms with van der Waals surface area (Å²) >= 11 is 0. The maximum atomic E-state index is 13.9. The van der Waals surface area contributed by atoms with Crippen molar-refractivity contribution in [1.82, 2.24) is 5.32 Å². The topological polar surface area (TPSA) is 62.8 Å². The van der Waals surface area contributed by atoms with Crippen LogP contribution in [-0.4, -0.2) is 57.5 Å². The molecular formula is C16H22FN3O3. The minimum Gasteiger partial charge on any atom is -0.378 e. The minimum atomic E-state index is -0.432. The van der Waals surface area contributed by atoms with Gasteiger partial charge in [-0.3, -0.25) is 4.79 Å². The van der Waals surface area contributed by atoms with Gasteiger partial charge in [0.25, 0.3) is 0 Å². The zero-order chi connectivity index (χ0) is 16.2. The van der Waals surface area contributed by atoms with Crippen LogP contribution < -0.4 is 15.5 Å². The Bertz CT molecular complexity index is 564. The number of nitrogens with one attached hydrogen (secondary N) is 2. The van der Waals surface area contributed by atoms with Crippen LogP contribution in [0.3, 0.4) is 0 Å². The second-order valence-electron chi connectivity index (χ2n) is 5.79. The summed E-state index contributed by atoms with van der Waals surface area (Å²) in [4.78, 5) is 14.4. The summed E-state index contributed by atoms with van der Waals surface area (Å²) in [6.45, 7) is 5.74. The standard InChI is InChI=1S/C16H22FN3O3/c1-11-15(18-2-5-23-11)16(21)19-13-8-12(17)9-14(10-13)20-3-6-22-7-4-20/h8-11,15,18H,2-7H2,1H3,(H,19,21)/t11-,15+/m1/s1. The van der Waals surface area contributed by atoms with Gasteiger partial charge in [0.05, 0.1) is 25.9 Å². The van der Waals surface area contributed by atoms with E-state index in [1.807, 2.05) is 11.8 Å². The van der Waals surface area contributed by atoms with E-state index in [-0.39, 0.29) is 17.8 Å². The Kier molecular flexibility index (Phi) is 5.09. The van der Waals surface area contributed by atoms with E-state index in [1.165, 1.54) is 12.1 Å². The highest BCUT2D eigenvalue weighted by Crippen LogP contribution is 2.23. The van der Waals surface area contributed by atoms with Crippen LogP contribution in [0.1, 0.15) is 6.92 Å². The predicted octanol–water partition coefficient (Wildman–Crippen LogP) is 0.978. The number of anilines is 2. The third kappa shape index (κ3) is 3.99. The van der Waals surface area contributed by atoms with Crippen LogP contribution in [0, 0.1) is 5.82 Å². The molecule has 0 bridgehead atoms. The molecule has 0 saturated carbocycles. The number of hydrogen-bond donors (Lipinski definition) is 2. The molecule has 0 aromatic heterocycles. The van der Waals surface area contributed by atoms with E-state index < -0.39 is 6.04 Å². The second-order valence-corrected chi connectivity index (χ2v) is 5.79. The Hall–Kier alpha value is -1.70. The van der Waals surface area contributed by atoms with Crippen molar-refractivity contribution in [2.24, 2.45) is 0 Å². The number of carbonyl (C=O) groups is 1. The van der Waals surface area contributed by atoms with Gasteiger partial charge in [0.2, 0.25) is 5.91 Å². The summed E-state index contributed by atoms with van der Waals surface area (Å²) in [6, 6.07) is 4.17. The van der Waals surface area contributed by atoms with Crippen LogP contribution in [0.15, 0.2) is 18.2 Å². The highest BCUT2D eigenvalue weighted by atomic mass is 19.1. The van der Waals surface area contributed by atoms with E-state index in [0.29, 0.717) is 45.1 Å². The van der Waals surface area contributed by atoms with Gasteiger partial charge in [0.1, 0.15) is 11.9 Å².